The fraction of sp³-hybridized carbons (Fsp3) is 0.757. The van der Waals surface area contributed by atoms with Crippen LogP contribution in [-0.4, -0.2) is 0 Å². The Bertz CT molecular complexity index is 2900. The van der Waals surface area contributed by atoms with E-state index in [0.29, 0.717) is 0 Å². The lowest BCUT2D eigenvalue weighted by Crippen LogP contribution is -2.25. The molecule has 612 valence electrons. The van der Waals surface area contributed by atoms with Crippen molar-refractivity contribution in [2.75, 3.05) is 0 Å². The van der Waals surface area contributed by atoms with E-state index < -0.39 is 0 Å². The number of fused-ring (bicyclic) bond motifs is 7. The Morgan fingerprint density at radius 3 is 0.991 bits per heavy atom. The molecule has 0 heterocycles. The smallest absolute Gasteiger partial charge is 0 e. The van der Waals surface area contributed by atoms with Gasteiger partial charge in [-0.05, 0) is 301 Å². The molecule has 0 radical (unpaired) electrons. The van der Waals surface area contributed by atoms with Crippen molar-refractivity contribution < 1.29 is 1.43 Å². The standard InChI is InChI=1S/C24H32.C18H18.C17H32.C16H30.C14H24.C10H20.3C2H6.2CH4.H2/c1-5-19-7-9-21(10-8-19)22-11-13-23(14-12-22)24-16-15-20(6-2)17(3)18(24)4;1-3-13-5-7-15-12-18-10-14(4-2)6-8-16(18)11-17(15)9-13;1-3-14-5-9-16(10-6-14)13-17-11-7-15(4-2)8-12-17;1-3-13-5-9-15(10-6-13)16-11-7-14(4-2)8-12-16;1-3-9-5-12-11-7-10(4-2)13(8-11)14(12)6-9;1-3-9-5-7-10(4-2)8-6-9;3*1-2;;;/h11-16,19,21H,5-10H2,1-4H3;5-12H,3-4H2,1-2H3;14-17H,3-13H2,1-2H3;13-16H,3-12H2,1-2H3;9-14H,3-8H2,1-2H3;9-10H,3-8H2,1-2H3;3*1-2H3;2*1H4;1H. The molecule has 2 bridgehead atoms. The number of hydrogen-bond acceptors (Lipinski definition) is 0. The molecule has 0 aliphatic heterocycles. The molecule has 0 saturated heterocycles. The van der Waals surface area contributed by atoms with Gasteiger partial charge in [-0.25, -0.2) is 0 Å². The Morgan fingerprint density at radius 1 is 0.280 bits per heavy atom. The fourth-order valence-corrected chi connectivity index (χ4v) is 22.5. The summed E-state index contributed by atoms with van der Waals surface area (Å²) >= 11 is 0. The van der Waals surface area contributed by atoms with E-state index in [1.165, 1.54) is 233 Å². The molecule has 5 aromatic rings. The van der Waals surface area contributed by atoms with Gasteiger partial charge < -0.3 is 0 Å². The third kappa shape index (κ3) is 28.9. The van der Waals surface area contributed by atoms with Crippen LogP contribution >= 0.6 is 0 Å². The molecule has 6 unspecified atom stereocenters. The summed E-state index contributed by atoms with van der Waals surface area (Å²) in [6, 6.07) is 32.2. The number of benzene rings is 5. The van der Waals surface area contributed by atoms with Gasteiger partial charge in [-0.3, -0.25) is 0 Å². The van der Waals surface area contributed by atoms with Crippen LogP contribution in [-0.2, 0) is 19.3 Å². The second kappa shape index (κ2) is 52.8. The molecular formula is C107H184. The average Bonchev–Trinajstić information content (AvgIpc) is 1.58. The van der Waals surface area contributed by atoms with E-state index in [1.54, 1.807) is 89.0 Å². The van der Waals surface area contributed by atoms with Crippen molar-refractivity contribution in [3.8, 4) is 11.1 Å². The summed E-state index contributed by atoms with van der Waals surface area (Å²) in [5.41, 5.74) is 11.5. The molecule has 0 heteroatoms. The minimum atomic E-state index is 0. The van der Waals surface area contributed by atoms with Crippen molar-refractivity contribution in [3.63, 3.8) is 0 Å². The first kappa shape index (κ1) is 96.0. The number of rotatable bonds is 17. The van der Waals surface area contributed by atoms with Gasteiger partial charge in [0, 0.05) is 1.43 Å². The van der Waals surface area contributed by atoms with Gasteiger partial charge in [0.1, 0.15) is 0 Å². The van der Waals surface area contributed by atoms with Gasteiger partial charge in [0.05, 0.1) is 0 Å². The van der Waals surface area contributed by atoms with E-state index in [4.69, 9.17) is 0 Å². The molecule has 0 nitrogen and oxygen atoms in total. The maximum absolute atomic E-state index is 2.41. The normalized spacial score (nSPS) is 29.5. The van der Waals surface area contributed by atoms with E-state index in [-0.39, 0.29) is 16.3 Å². The lowest BCUT2D eigenvalue weighted by Gasteiger charge is -2.37. The summed E-state index contributed by atoms with van der Waals surface area (Å²) in [5.74, 6) is 19.5. The Morgan fingerprint density at radius 2 is 0.636 bits per heavy atom. The Labute approximate surface area is 671 Å². The molecule has 14 rings (SSSR count). The second-order valence-corrected chi connectivity index (χ2v) is 35.6. The first-order chi connectivity index (χ1) is 51.3. The molecule has 9 aliphatic rings. The molecule has 6 atom stereocenters. The van der Waals surface area contributed by atoms with Gasteiger partial charge in [-0.1, -0.05) is 373 Å². The van der Waals surface area contributed by atoms with Gasteiger partial charge in [0.25, 0.3) is 0 Å². The highest BCUT2D eigenvalue weighted by molar-refractivity contribution is 5.98. The zero-order chi connectivity index (χ0) is 76.2. The lowest BCUT2D eigenvalue weighted by atomic mass is 9.68. The molecular weight excluding hydrogens is 1290 g/mol. The Balaban J connectivity index is 0.000000334. The SMILES string of the molecule is C.C.CC.CC.CC.CCC1CC2C3CC(CC)C(C3)C2C1.CCC1CCC(C2CCC(CC)CC2)CC1.CCC1CCC(CC)CC1.CCC1CCC(CC2CCC(CC)CC2)CC1.CCc1ccc(-c2ccc(C3CCC(CC)CC3)cc2)c(C)c1C.CCc1ccc2cc3cc(CC)ccc3cc2c1.[HH]. The summed E-state index contributed by atoms with van der Waals surface area (Å²) in [7, 11) is 0. The molecule has 9 fully saturated rings. The molecule has 0 amide bonds. The van der Waals surface area contributed by atoms with E-state index in [2.05, 4.69) is 182 Å². The van der Waals surface area contributed by atoms with Gasteiger partial charge in [-0.15, -0.1) is 0 Å². The molecule has 9 saturated carbocycles. The summed E-state index contributed by atoms with van der Waals surface area (Å²) < 4.78 is 0. The highest BCUT2D eigenvalue weighted by Gasteiger charge is 2.54. The van der Waals surface area contributed by atoms with Crippen molar-refractivity contribution in [1.82, 2.24) is 0 Å². The maximum Gasteiger partial charge on any atom is 0 e. The third-order valence-corrected chi connectivity index (χ3v) is 30.4. The van der Waals surface area contributed by atoms with Gasteiger partial charge in [-0.2, -0.15) is 0 Å². The topological polar surface area (TPSA) is 0 Å². The van der Waals surface area contributed by atoms with Crippen LogP contribution in [0.3, 0.4) is 0 Å². The van der Waals surface area contributed by atoms with Crippen LogP contribution in [0.4, 0.5) is 0 Å². The number of hydrogen-bond donors (Lipinski definition) is 0. The summed E-state index contributed by atoms with van der Waals surface area (Å²) in [4.78, 5) is 0. The van der Waals surface area contributed by atoms with E-state index >= 15 is 0 Å². The van der Waals surface area contributed by atoms with Crippen LogP contribution in [0.25, 0.3) is 32.7 Å². The van der Waals surface area contributed by atoms with Crippen molar-refractivity contribution >= 4 is 21.5 Å². The Hall–Kier alpha value is -3.38. The quantitative estimate of drug-likeness (QED) is 0.0814. The predicted octanol–water partition coefficient (Wildman–Crippen LogP) is 35.9. The summed E-state index contributed by atoms with van der Waals surface area (Å²) in [6.45, 7) is 44.5. The summed E-state index contributed by atoms with van der Waals surface area (Å²) in [6.07, 6.45) is 60.4. The van der Waals surface area contributed by atoms with Crippen molar-refractivity contribution in [1.29, 1.82) is 0 Å². The highest BCUT2D eigenvalue weighted by Crippen LogP contribution is 2.63. The largest absolute Gasteiger partial charge is 0.0776 e. The fourth-order valence-electron chi connectivity index (χ4n) is 22.5. The van der Waals surface area contributed by atoms with Gasteiger partial charge >= 0.3 is 0 Å². The first-order valence-electron chi connectivity index (χ1n) is 47.4. The van der Waals surface area contributed by atoms with Crippen LogP contribution < -0.4 is 0 Å². The monoisotopic (exact) mass is 1470 g/mol. The highest BCUT2D eigenvalue weighted by atomic mass is 14.6. The van der Waals surface area contributed by atoms with E-state index in [0.717, 1.165) is 114 Å². The van der Waals surface area contributed by atoms with E-state index in [1.807, 2.05) is 41.5 Å². The summed E-state index contributed by atoms with van der Waals surface area (Å²) in [5, 5.41) is 5.39. The van der Waals surface area contributed by atoms with Crippen LogP contribution in [0.1, 0.15) is 424 Å². The minimum absolute atomic E-state index is 0. The van der Waals surface area contributed by atoms with Crippen molar-refractivity contribution in [2.45, 2.75) is 422 Å². The van der Waals surface area contributed by atoms with Crippen LogP contribution in [0.2, 0.25) is 0 Å². The van der Waals surface area contributed by atoms with Crippen molar-refractivity contribution in [2.24, 2.45) is 101 Å². The van der Waals surface area contributed by atoms with Gasteiger partial charge in [0.15, 0.2) is 0 Å². The molecule has 5 aromatic carbocycles. The second-order valence-electron chi connectivity index (χ2n) is 35.6. The number of aryl methyl sites for hydroxylation is 3. The van der Waals surface area contributed by atoms with Crippen molar-refractivity contribution in [3.05, 3.63) is 118 Å². The van der Waals surface area contributed by atoms with Crippen LogP contribution in [0, 0.1) is 114 Å². The Kier molecular flexibility index (Phi) is 47.4. The zero-order valence-electron chi connectivity index (χ0n) is 73.5. The zero-order valence-corrected chi connectivity index (χ0v) is 73.5. The molecule has 9 aliphatic carbocycles. The first-order valence-corrected chi connectivity index (χ1v) is 47.4. The molecule has 0 aromatic heterocycles. The van der Waals surface area contributed by atoms with Gasteiger partial charge in [0.2, 0.25) is 0 Å². The van der Waals surface area contributed by atoms with Crippen LogP contribution in [0.15, 0.2) is 84.9 Å². The predicted molar refractivity (Wildman–Crippen MR) is 489 cm³/mol. The van der Waals surface area contributed by atoms with Crippen LogP contribution in [0.5, 0.6) is 0 Å². The third-order valence-electron chi connectivity index (χ3n) is 30.4. The van der Waals surface area contributed by atoms with E-state index in [9.17, 15) is 0 Å². The maximum atomic E-state index is 2.41. The molecule has 0 N–H and O–H groups in total. The lowest BCUT2D eigenvalue weighted by molar-refractivity contribution is 0.144. The molecule has 107 heavy (non-hydrogen) atoms. The minimum Gasteiger partial charge on any atom is -0.0776 e. The average molecular weight is 1470 g/mol. The molecule has 0 spiro atoms.